The molecular weight excluding hydrogens is 331 g/mol. The van der Waals surface area contributed by atoms with Crippen LogP contribution in [0.4, 0.5) is 0 Å². The molecule has 5 heteroatoms. The summed E-state index contributed by atoms with van der Waals surface area (Å²) in [5.74, 6) is 1.03. The van der Waals surface area contributed by atoms with Crippen LogP contribution >= 0.6 is 24.0 Å². The highest BCUT2D eigenvalue weighted by atomic mass is 35.5. The Labute approximate surface area is 150 Å². The summed E-state index contributed by atoms with van der Waals surface area (Å²) in [4.78, 5) is 15.1. The molecule has 1 aromatic rings. The van der Waals surface area contributed by atoms with Crippen LogP contribution in [0.3, 0.4) is 0 Å². The van der Waals surface area contributed by atoms with Crippen molar-refractivity contribution in [2.24, 2.45) is 5.92 Å². The quantitative estimate of drug-likeness (QED) is 0.873. The van der Waals surface area contributed by atoms with Crippen molar-refractivity contribution in [2.45, 2.75) is 38.0 Å². The first-order valence-corrected chi connectivity index (χ1v) is 8.79. The SMILES string of the molecule is CCNCC1CCN(C(=O)C2(c3cccc(Cl)c3)CC2)CC1.Cl. The predicted molar refractivity (Wildman–Crippen MR) is 97.5 cm³/mol. The summed E-state index contributed by atoms with van der Waals surface area (Å²) >= 11 is 6.10. The first-order chi connectivity index (χ1) is 10.7. The minimum Gasteiger partial charge on any atom is -0.342 e. The second-order valence-electron chi connectivity index (χ2n) is 6.64. The van der Waals surface area contributed by atoms with Gasteiger partial charge in [-0.1, -0.05) is 30.7 Å². The van der Waals surface area contributed by atoms with Crippen molar-refractivity contribution in [2.75, 3.05) is 26.2 Å². The lowest BCUT2D eigenvalue weighted by Crippen LogP contribution is -2.45. The van der Waals surface area contributed by atoms with Crippen molar-refractivity contribution >= 4 is 29.9 Å². The molecule has 0 spiro atoms. The molecule has 0 aromatic heterocycles. The minimum atomic E-state index is -0.278. The summed E-state index contributed by atoms with van der Waals surface area (Å²) in [6, 6.07) is 7.84. The number of likely N-dealkylation sites (tertiary alicyclic amines) is 1. The van der Waals surface area contributed by atoms with E-state index in [0.29, 0.717) is 11.8 Å². The van der Waals surface area contributed by atoms with Gasteiger partial charge in [0.25, 0.3) is 0 Å². The van der Waals surface area contributed by atoms with Crippen LogP contribution in [0.5, 0.6) is 0 Å². The van der Waals surface area contributed by atoms with Crippen LogP contribution < -0.4 is 5.32 Å². The highest BCUT2D eigenvalue weighted by Gasteiger charge is 2.53. The average Bonchev–Trinajstić information content (AvgIpc) is 3.34. The van der Waals surface area contributed by atoms with E-state index in [-0.39, 0.29) is 17.8 Å². The van der Waals surface area contributed by atoms with Crippen molar-refractivity contribution in [3.05, 3.63) is 34.9 Å². The third-order valence-corrected chi connectivity index (χ3v) is 5.36. The number of rotatable bonds is 5. The van der Waals surface area contributed by atoms with E-state index < -0.39 is 0 Å². The van der Waals surface area contributed by atoms with Gasteiger partial charge in [0.2, 0.25) is 5.91 Å². The average molecular weight is 357 g/mol. The summed E-state index contributed by atoms with van der Waals surface area (Å²) in [7, 11) is 0. The van der Waals surface area contributed by atoms with Gasteiger partial charge in [-0.3, -0.25) is 4.79 Å². The Kier molecular flexibility index (Phi) is 6.35. The smallest absolute Gasteiger partial charge is 0.233 e. The molecule has 3 nitrogen and oxygen atoms in total. The van der Waals surface area contributed by atoms with Gasteiger partial charge in [0.1, 0.15) is 0 Å². The van der Waals surface area contributed by atoms with E-state index in [1.54, 1.807) is 0 Å². The number of hydrogen-bond donors (Lipinski definition) is 1. The summed E-state index contributed by atoms with van der Waals surface area (Å²) in [5.41, 5.74) is 0.819. The molecule has 3 rings (SSSR count). The van der Waals surface area contributed by atoms with Crippen LogP contribution in [-0.4, -0.2) is 37.0 Å². The Morgan fingerprint density at radius 1 is 1.35 bits per heavy atom. The molecule has 1 aliphatic heterocycles. The van der Waals surface area contributed by atoms with Crippen LogP contribution in [0.15, 0.2) is 24.3 Å². The molecule has 1 heterocycles. The molecule has 2 aliphatic rings. The molecule has 1 saturated heterocycles. The number of halogens is 2. The molecular formula is C18H26Cl2N2O. The van der Waals surface area contributed by atoms with Gasteiger partial charge in [-0.05, 0) is 62.4 Å². The molecule has 2 fully saturated rings. The monoisotopic (exact) mass is 356 g/mol. The fourth-order valence-electron chi connectivity index (χ4n) is 3.53. The molecule has 0 atom stereocenters. The van der Waals surface area contributed by atoms with E-state index in [0.717, 1.165) is 62.4 Å². The van der Waals surface area contributed by atoms with Gasteiger partial charge < -0.3 is 10.2 Å². The number of piperidine rings is 1. The van der Waals surface area contributed by atoms with Crippen molar-refractivity contribution in [3.63, 3.8) is 0 Å². The number of nitrogens with one attached hydrogen (secondary N) is 1. The molecule has 1 N–H and O–H groups in total. The normalized spacial score (nSPS) is 20.0. The Hall–Kier alpha value is -0.770. The summed E-state index contributed by atoms with van der Waals surface area (Å²) in [6.07, 6.45) is 4.15. The molecule has 1 amide bonds. The maximum Gasteiger partial charge on any atom is 0.233 e. The van der Waals surface area contributed by atoms with Gasteiger partial charge in [-0.15, -0.1) is 12.4 Å². The largest absolute Gasteiger partial charge is 0.342 e. The third-order valence-electron chi connectivity index (χ3n) is 5.12. The fraction of sp³-hybridized carbons (Fsp3) is 0.611. The van der Waals surface area contributed by atoms with E-state index in [4.69, 9.17) is 11.6 Å². The number of carbonyl (C=O) groups is 1. The van der Waals surface area contributed by atoms with E-state index in [2.05, 4.69) is 23.2 Å². The zero-order valence-corrected chi connectivity index (χ0v) is 15.3. The molecule has 0 radical (unpaired) electrons. The number of hydrogen-bond acceptors (Lipinski definition) is 2. The first kappa shape index (κ1) is 18.6. The van der Waals surface area contributed by atoms with Gasteiger partial charge >= 0.3 is 0 Å². The van der Waals surface area contributed by atoms with Crippen LogP contribution in [0.2, 0.25) is 5.02 Å². The first-order valence-electron chi connectivity index (χ1n) is 8.42. The predicted octanol–water partition coefficient (Wildman–Crippen LogP) is 3.64. The summed E-state index contributed by atoms with van der Waals surface area (Å²) in [6.45, 7) is 6.05. The Balaban J connectivity index is 0.00000192. The van der Waals surface area contributed by atoms with Crippen molar-refractivity contribution in [3.8, 4) is 0 Å². The van der Waals surface area contributed by atoms with Gasteiger partial charge in [0.15, 0.2) is 0 Å². The maximum absolute atomic E-state index is 13.0. The molecule has 1 saturated carbocycles. The fourth-order valence-corrected chi connectivity index (χ4v) is 3.72. The Morgan fingerprint density at radius 3 is 2.61 bits per heavy atom. The van der Waals surface area contributed by atoms with Gasteiger partial charge in [0.05, 0.1) is 5.41 Å². The molecule has 0 unspecified atom stereocenters. The van der Waals surface area contributed by atoms with E-state index >= 15 is 0 Å². The maximum atomic E-state index is 13.0. The van der Waals surface area contributed by atoms with Crippen LogP contribution in [0.1, 0.15) is 38.2 Å². The number of amides is 1. The molecule has 0 bridgehead atoms. The minimum absolute atomic E-state index is 0. The highest BCUT2D eigenvalue weighted by molar-refractivity contribution is 6.30. The van der Waals surface area contributed by atoms with Gasteiger partial charge in [-0.25, -0.2) is 0 Å². The van der Waals surface area contributed by atoms with Crippen molar-refractivity contribution in [1.82, 2.24) is 10.2 Å². The second-order valence-corrected chi connectivity index (χ2v) is 7.07. The molecule has 1 aliphatic carbocycles. The number of nitrogens with zero attached hydrogens (tertiary/aromatic N) is 1. The zero-order valence-electron chi connectivity index (χ0n) is 13.7. The van der Waals surface area contributed by atoms with E-state index in [1.807, 2.05) is 18.2 Å². The van der Waals surface area contributed by atoms with E-state index in [1.165, 1.54) is 0 Å². The Bertz CT molecular complexity index is 538. The van der Waals surface area contributed by atoms with Crippen LogP contribution in [0, 0.1) is 5.92 Å². The lowest BCUT2D eigenvalue weighted by Gasteiger charge is -2.34. The van der Waals surface area contributed by atoms with Crippen LogP contribution in [0.25, 0.3) is 0 Å². The molecule has 23 heavy (non-hydrogen) atoms. The van der Waals surface area contributed by atoms with Crippen molar-refractivity contribution in [1.29, 1.82) is 0 Å². The lowest BCUT2D eigenvalue weighted by atomic mass is 9.91. The topological polar surface area (TPSA) is 32.3 Å². The van der Waals surface area contributed by atoms with Gasteiger partial charge in [0, 0.05) is 18.1 Å². The highest BCUT2D eigenvalue weighted by Crippen LogP contribution is 2.50. The Morgan fingerprint density at radius 2 is 2.04 bits per heavy atom. The second kappa shape index (κ2) is 7.87. The third kappa shape index (κ3) is 4.01. The summed E-state index contributed by atoms with van der Waals surface area (Å²) < 4.78 is 0. The van der Waals surface area contributed by atoms with Gasteiger partial charge in [-0.2, -0.15) is 0 Å². The standard InChI is InChI=1S/C18H25ClN2O.ClH/c1-2-20-13-14-6-10-21(11-7-14)17(22)18(8-9-18)15-4-3-5-16(19)12-15;/h3-5,12,14,20H,2,6-11,13H2,1H3;1H. The molecule has 1 aromatic carbocycles. The zero-order chi connectivity index (χ0) is 15.6. The summed E-state index contributed by atoms with van der Waals surface area (Å²) in [5, 5.41) is 4.14. The lowest BCUT2D eigenvalue weighted by molar-refractivity contribution is -0.135. The number of carbonyl (C=O) groups excluding carboxylic acids is 1. The number of benzene rings is 1. The molecule has 128 valence electrons. The van der Waals surface area contributed by atoms with Crippen LogP contribution in [-0.2, 0) is 10.2 Å². The van der Waals surface area contributed by atoms with Crippen molar-refractivity contribution < 1.29 is 4.79 Å². The van der Waals surface area contributed by atoms with E-state index in [9.17, 15) is 4.79 Å².